The van der Waals surface area contributed by atoms with Crippen LogP contribution in [0, 0.1) is 6.92 Å². The van der Waals surface area contributed by atoms with Crippen molar-refractivity contribution in [3.05, 3.63) is 83.7 Å². The molecule has 4 aromatic rings. The van der Waals surface area contributed by atoms with Gasteiger partial charge in [-0.15, -0.1) is 8.78 Å². The van der Waals surface area contributed by atoms with Crippen LogP contribution < -0.4 is 9.47 Å². The number of aromatic nitrogens is 2. The van der Waals surface area contributed by atoms with Crippen LogP contribution in [0.5, 0.6) is 11.5 Å². The van der Waals surface area contributed by atoms with Gasteiger partial charge in [0.2, 0.25) is 0 Å². The summed E-state index contributed by atoms with van der Waals surface area (Å²) in [6.45, 7) is 1.94. The second-order valence-corrected chi connectivity index (χ2v) is 7.16. The van der Waals surface area contributed by atoms with Crippen LogP contribution in [-0.4, -0.2) is 21.5 Å². The minimum absolute atomic E-state index is 0.0782. The second-order valence-electron chi connectivity index (χ2n) is 7.16. The SMILES string of the molecule is Cc1cccc(-c2onc(-c3ccc4c(c3)OC(F)(F)O4)c2C(O)c2cccnc2)c1. The van der Waals surface area contributed by atoms with E-state index < -0.39 is 12.4 Å². The maximum absolute atomic E-state index is 13.4. The van der Waals surface area contributed by atoms with Crippen LogP contribution in [0.1, 0.15) is 22.8 Å². The third-order valence-electron chi connectivity index (χ3n) is 4.96. The monoisotopic (exact) mass is 422 g/mol. The number of alkyl halides is 2. The van der Waals surface area contributed by atoms with Gasteiger partial charge in [0.25, 0.3) is 0 Å². The second kappa shape index (κ2) is 7.17. The van der Waals surface area contributed by atoms with Crippen molar-refractivity contribution in [2.24, 2.45) is 0 Å². The van der Waals surface area contributed by atoms with Gasteiger partial charge in [0.15, 0.2) is 17.3 Å². The van der Waals surface area contributed by atoms with Crippen molar-refractivity contribution in [3.63, 3.8) is 0 Å². The molecule has 3 heterocycles. The summed E-state index contributed by atoms with van der Waals surface area (Å²) in [6.07, 6.45) is -1.70. The van der Waals surface area contributed by atoms with Crippen molar-refractivity contribution in [3.8, 4) is 34.1 Å². The molecule has 8 heteroatoms. The fourth-order valence-corrected chi connectivity index (χ4v) is 3.55. The predicted octanol–water partition coefficient (Wildman–Crippen LogP) is 5.12. The summed E-state index contributed by atoms with van der Waals surface area (Å²) in [4.78, 5) is 4.07. The first-order valence-corrected chi connectivity index (χ1v) is 9.46. The highest BCUT2D eigenvalue weighted by Crippen LogP contribution is 2.45. The number of aryl methyl sites for hydroxylation is 1. The molecule has 0 saturated carbocycles. The van der Waals surface area contributed by atoms with Crippen molar-refractivity contribution < 1.29 is 27.9 Å². The van der Waals surface area contributed by atoms with Gasteiger partial charge in [-0.2, -0.15) is 0 Å². The predicted molar refractivity (Wildman–Crippen MR) is 107 cm³/mol. The maximum Gasteiger partial charge on any atom is 0.586 e. The van der Waals surface area contributed by atoms with Crippen LogP contribution in [-0.2, 0) is 0 Å². The highest BCUT2D eigenvalue weighted by molar-refractivity contribution is 5.75. The molecule has 0 spiro atoms. The van der Waals surface area contributed by atoms with Crippen LogP contribution in [0.25, 0.3) is 22.6 Å². The quantitative estimate of drug-likeness (QED) is 0.492. The highest BCUT2D eigenvalue weighted by Gasteiger charge is 2.43. The fraction of sp³-hybridized carbons (Fsp3) is 0.130. The summed E-state index contributed by atoms with van der Waals surface area (Å²) in [7, 11) is 0. The minimum Gasteiger partial charge on any atom is -0.395 e. The molecule has 0 radical (unpaired) electrons. The van der Waals surface area contributed by atoms with Crippen molar-refractivity contribution in [2.75, 3.05) is 0 Å². The number of nitrogens with zero attached hydrogens (tertiary/aromatic N) is 2. The van der Waals surface area contributed by atoms with E-state index in [2.05, 4.69) is 19.6 Å². The molecule has 6 nitrogen and oxygen atoms in total. The van der Waals surface area contributed by atoms with Crippen molar-refractivity contribution in [1.82, 2.24) is 10.1 Å². The van der Waals surface area contributed by atoms with Gasteiger partial charge in [-0.1, -0.05) is 35.0 Å². The molecule has 0 amide bonds. The molecule has 1 unspecified atom stereocenters. The Bertz CT molecular complexity index is 1260. The van der Waals surface area contributed by atoms with Gasteiger partial charge in [-0.3, -0.25) is 4.98 Å². The highest BCUT2D eigenvalue weighted by atomic mass is 19.3. The first-order chi connectivity index (χ1) is 14.9. The van der Waals surface area contributed by atoms with E-state index in [1.54, 1.807) is 30.6 Å². The molecule has 2 aromatic heterocycles. The van der Waals surface area contributed by atoms with Gasteiger partial charge in [0.05, 0.1) is 5.56 Å². The summed E-state index contributed by atoms with van der Waals surface area (Å²) >= 11 is 0. The topological polar surface area (TPSA) is 77.6 Å². The number of rotatable bonds is 4. The molecule has 1 aliphatic rings. The van der Waals surface area contributed by atoms with E-state index in [0.29, 0.717) is 28.1 Å². The third-order valence-corrected chi connectivity index (χ3v) is 4.96. The van der Waals surface area contributed by atoms with Crippen LogP contribution >= 0.6 is 0 Å². The van der Waals surface area contributed by atoms with E-state index in [9.17, 15) is 13.9 Å². The molecule has 2 aromatic carbocycles. The Kier molecular flexibility index (Phi) is 4.44. The van der Waals surface area contributed by atoms with Crippen molar-refractivity contribution in [1.29, 1.82) is 0 Å². The zero-order valence-electron chi connectivity index (χ0n) is 16.3. The van der Waals surface area contributed by atoms with Gasteiger partial charge in [-0.05, 0) is 37.3 Å². The summed E-state index contributed by atoms with van der Waals surface area (Å²) in [5.41, 5.74) is 3.39. The Hall–Kier alpha value is -3.78. The van der Waals surface area contributed by atoms with Crippen molar-refractivity contribution >= 4 is 0 Å². The Labute approximate surface area is 175 Å². The molecule has 0 aliphatic carbocycles. The standard InChI is InChI=1S/C23H16F2N2O4/c1-13-4-2-5-15(10-13)22-19(21(28)16-6-3-9-26-12-16)20(27-31-22)14-7-8-17-18(11-14)30-23(24,25)29-17/h2-12,21,28H,1H3. The molecule has 0 fully saturated rings. The van der Waals surface area contributed by atoms with E-state index in [1.807, 2.05) is 31.2 Å². The van der Waals surface area contributed by atoms with Gasteiger partial charge < -0.3 is 19.1 Å². The summed E-state index contributed by atoms with van der Waals surface area (Å²) in [5, 5.41) is 15.4. The van der Waals surface area contributed by atoms with Crippen LogP contribution in [0.2, 0.25) is 0 Å². The molecule has 31 heavy (non-hydrogen) atoms. The molecular formula is C23H16F2N2O4. The Morgan fingerprint density at radius 1 is 0.968 bits per heavy atom. The number of hydrogen-bond donors (Lipinski definition) is 1. The number of fused-ring (bicyclic) bond motifs is 1. The van der Waals surface area contributed by atoms with E-state index in [4.69, 9.17) is 4.52 Å². The van der Waals surface area contributed by atoms with Gasteiger partial charge in [-0.25, -0.2) is 0 Å². The fourth-order valence-electron chi connectivity index (χ4n) is 3.55. The van der Waals surface area contributed by atoms with Crippen LogP contribution in [0.15, 0.2) is 71.5 Å². The Morgan fingerprint density at radius 2 is 1.81 bits per heavy atom. The zero-order chi connectivity index (χ0) is 21.6. The molecular weight excluding hydrogens is 406 g/mol. The molecule has 1 atom stereocenters. The smallest absolute Gasteiger partial charge is 0.395 e. The van der Waals surface area contributed by atoms with E-state index in [1.165, 1.54) is 12.1 Å². The maximum atomic E-state index is 13.4. The van der Waals surface area contributed by atoms with Gasteiger partial charge in [0.1, 0.15) is 11.8 Å². The molecule has 0 bridgehead atoms. The lowest BCUT2D eigenvalue weighted by molar-refractivity contribution is -0.286. The molecule has 1 N–H and O–H groups in total. The van der Waals surface area contributed by atoms with E-state index in [0.717, 1.165) is 11.1 Å². The summed E-state index contributed by atoms with van der Waals surface area (Å²) in [5.74, 6) is 0.174. The lowest BCUT2D eigenvalue weighted by Crippen LogP contribution is -2.25. The largest absolute Gasteiger partial charge is 0.586 e. The molecule has 156 valence electrons. The first-order valence-electron chi connectivity index (χ1n) is 9.46. The summed E-state index contributed by atoms with van der Waals surface area (Å²) < 4.78 is 41.5. The zero-order valence-corrected chi connectivity index (χ0v) is 16.3. The number of pyridine rings is 1. The number of hydrogen-bond acceptors (Lipinski definition) is 6. The first kappa shape index (κ1) is 19.2. The number of aliphatic hydroxyl groups excluding tert-OH is 1. The Balaban J connectivity index is 1.67. The normalized spacial score (nSPS) is 15.1. The lowest BCUT2D eigenvalue weighted by Gasteiger charge is -2.13. The summed E-state index contributed by atoms with van der Waals surface area (Å²) in [6, 6.07) is 15.3. The van der Waals surface area contributed by atoms with Gasteiger partial charge >= 0.3 is 6.29 Å². The molecule has 0 saturated heterocycles. The number of benzene rings is 2. The minimum atomic E-state index is -3.73. The third kappa shape index (κ3) is 3.51. The Morgan fingerprint density at radius 3 is 2.58 bits per heavy atom. The van der Waals surface area contributed by atoms with Crippen molar-refractivity contribution in [2.45, 2.75) is 19.3 Å². The average molecular weight is 422 g/mol. The lowest BCUT2D eigenvalue weighted by atomic mass is 9.94. The molecule has 1 aliphatic heterocycles. The molecule has 5 rings (SSSR count). The number of halogens is 2. The number of aliphatic hydroxyl groups is 1. The van der Waals surface area contributed by atoms with Gasteiger partial charge in [0, 0.05) is 29.1 Å². The van der Waals surface area contributed by atoms with E-state index in [-0.39, 0.29) is 11.5 Å². The number of ether oxygens (including phenoxy) is 2. The van der Waals surface area contributed by atoms with Crippen LogP contribution in [0.3, 0.4) is 0 Å². The average Bonchev–Trinajstić information content (AvgIpc) is 3.32. The van der Waals surface area contributed by atoms with E-state index >= 15 is 0 Å². The van der Waals surface area contributed by atoms with Crippen LogP contribution in [0.4, 0.5) is 8.78 Å².